The van der Waals surface area contributed by atoms with Crippen LogP contribution in [0.15, 0.2) is 29.8 Å². The molecule has 2 aromatic rings. The number of piperidine rings is 1. The van der Waals surface area contributed by atoms with Crippen LogP contribution in [0.5, 0.6) is 10.9 Å². The predicted molar refractivity (Wildman–Crippen MR) is 89.3 cm³/mol. The SMILES string of the molecule is O=C(C1CCc2ccccc2O1)N1CCC(Oc2nncs2)CC1. The van der Waals surface area contributed by atoms with Gasteiger partial charge in [-0.2, -0.15) is 0 Å². The first-order chi connectivity index (χ1) is 11.8. The van der Waals surface area contributed by atoms with Gasteiger partial charge in [0, 0.05) is 25.9 Å². The molecule has 1 unspecified atom stereocenters. The highest BCUT2D eigenvalue weighted by Gasteiger charge is 2.32. The lowest BCUT2D eigenvalue weighted by Crippen LogP contribution is -2.48. The van der Waals surface area contributed by atoms with Crippen LogP contribution in [-0.2, 0) is 11.2 Å². The first kappa shape index (κ1) is 15.4. The highest BCUT2D eigenvalue weighted by Crippen LogP contribution is 2.28. The minimum Gasteiger partial charge on any atom is -0.480 e. The summed E-state index contributed by atoms with van der Waals surface area (Å²) in [5.41, 5.74) is 2.84. The number of para-hydroxylation sites is 1. The van der Waals surface area contributed by atoms with Gasteiger partial charge in [0.1, 0.15) is 17.4 Å². The molecule has 0 bridgehead atoms. The molecule has 126 valence electrons. The van der Waals surface area contributed by atoms with Gasteiger partial charge in [-0.15, -0.1) is 10.2 Å². The van der Waals surface area contributed by atoms with E-state index in [0.717, 1.165) is 31.4 Å². The van der Waals surface area contributed by atoms with E-state index < -0.39 is 0 Å². The second kappa shape index (κ2) is 6.76. The van der Waals surface area contributed by atoms with Crippen LogP contribution >= 0.6 is 11.3 Å². The number of benzene rings is 1. The monoisotopic (exact) mass is 345 g/mol. The molecule has 0 aliphatic carbocycles. The Labute approximate surface area is 144 Å². The predicted octanol–water partition coefficient (Wildman–Crippen LogP) is 2.30. The van der Waals surface area contributed by atoms with Crippen LogP contribution < -0.4 is 9.47 Å². The summed E-state index contributed by atoms with van der Waals surface area (Å²) in [6.07, 6.45) is 3.01. The number of aromatic nitrogens is 2. The summed E-state index contributed by atoms with van der Waals surface area (Å²) < 4.78 is 11.7. The Bertz CT molecular complexity index is 699. The molecule has 1 atom stereocenters. The van der Waals surface area contributed by atoms with Gasteiger partial charge >= 0.3 is 0 Å². The van der Waals surface area contributed by atoms with Crippen molar-refractivity contribution in [2.75, 3.05) is 13.1 Å². The minimum absolute atomic E-state index is 0.0962. The van der Waals surface area contributed by atoms with Crippen molar-refractivity contribution < 1.29 is 14.3 Å². The quantitative estimate of drug-likeness (QED) is 0.854. The first-order valence-corrected chi connectivity index (χ1v) is 9.14. The van der Waals surface area contributed by atoms with E-state index in [4.69, 9.17) is 9.47 Å². The Morgan fingerprint density at radius 1 is 1.25 bits per heavy atom. The number of fused-ring (bicyclic) bond motifs is 1. The van der Waals surface area contributed by atoms with Gasteiger partial charge in [-0.3, -0.25) is 4.79 Å². The number of likely N-dealkylation sites (tertiary alicyclic amines) is 1. The lowest BCUT2D eigenvalue weighted by atomic mass is 10.0. The lowest BCUT2D eigenvalue weighted by molar-refractivity contribution is -0.141. The highest BCUT2D eigenvalue weighted by atomic mass is 32.1. The van der Waals surface area contributed by atoms with Gasteiger partial charge < -0.3 is 14.4 Å². The van der Waals surface area contributed by atoms with E-state index in [-0.39, 0.29) is 18.1 Å². The topological polar surface area (TPSA) is 64.5 Å². The van der Waals surface area contributed by atoms with Gasteiger partial charge in [0.05, 0.1) is 0 Å². The summed E-state index contributed by atoms with van der Waals surface area (Å²) in [7, 11) is 0. The van der Waals surface area contributed by atoms with Gasteiger partial charge in [0.15, 0.2) is 6.10 Å². The smallest absolute Gasteiger partial charge is 0.294 e. The summed E-state index contributed by atoms with van der Waals surface area (Å²) in [6, 6.07) is 7.96. The molecule has 6 nitrogen and oxygen atoms in total. The molecule has 4 rings (SSSR count). The summed E-state index contributed by atoms with van der Waals surface area (Å²) >= 11 is 1.39. The number of carbonyl (C=O) groups is 1. The first-order valence-electron chi connectivity index (χ1n) is 8.26. The van der Waals surface area contributed by atoms with E-state index in [0.29, 0.717) is 18.3 Å². The van der Waals surface area contributed by atoms with Crippen molar-refractivity contribution in [3.63, 3.8) is 0 Å². The third kappa shape index (κ3) is 3.21. The third-order valence-corrected chi connectivity index (χ3v) is 5.13. The van der Waals surface area contributed by atoms with E-state index in [1.165, 1.54) is 16.9 Å². The molecule has 0 radical (unpaired) electrons. The molecular weight excluding hydrogens is 326 g/mol. The Morgan fingerprint density at radius 3 is 2.88 bits per heavy atom. The number of hydrogen-bond acceptors (Lipinski definition) is 6. The van der Waals surface area contributed by atoms with Crippen molar-refractivity contribution in [3.8, 4) is 10.9 Å². The molecule has 24 heavy (non-hydrogen) atoms. The second-order valence-electron chi connectivity index (χ2n) is 6.10. The fourth-order valence-corrected chi connectivity index (χ4v) is 3.72. The van der Waals surface area contributed by atoms with Crippen molar-refractivity contribution in [1.29, 1.82) is 0 Å². The van der Waals surface area contributed by atoms with Crippen molar-refractivity contribution >= 4 is 17.2 Å². The number of carbonyl (C=O) groups excluding carboxylic acids is 1. The van der Waals surface area contributed by atoms with E-state index >= 15 is 0 Å². The summed E-state index contributed by atoms with van der Waals surface area (Å²) in [4.78, 5) is 14.6. The Kier molecular flexibility index (Phi) is 4.34. The molecule has 7 heteroatoms. The largest absolute Gasteiger partial charge is 0.480 e. The van der Waals surface area contributed by atoms with Gasteiger partial charge in [-0.05, 0) is 24.5 Å². The molecule has 0 N–H and O–H groups in total. The Morgan fingerprint density at radius 2 is 2.08 bits per heavy atom. The molecule has 2 aliphatic heterocycles. The molecule has 1 fully saturated rings. The maximum atomic E-state index is 12.7. The van der Waals surface area contributed by atoms with Crippen molar-refractivity contribution in [1.82, 2.24) is 15.1 Å². The fourth-order valence-electron chi connectivity index (χ4n) is 3.25. The van der Waals surface area contributed by atoms with Crippen LogP contribution in [0.1, 0.15) is 24.8 Å². The van der Waals surface area contributed by atoms with Crippen molar-refractivity contribution in [3.05, 3.63) is 35.3 Å². The van der Waals surface area contributed by atoms with Crippen LogP contribution in [0.4, 0.5) is 0 Å². The minimum atomic E-state index is -0.361. The van der Waals surface area contributed by atoms with Gasteiger partial charge in [-0.1, -0.05) is 29.5 Å². The molecule has 0 saturated carbocycles. The van der Waals surface area contributed by atoms with E-state index in [9.17, 15) is 4.79 Å². The molecule has 1 aromatic carbocycles. The van der Waals surface area contributed by atoms with Gasteiger partial charge in [-0.25, -0.2) is 0 Å². The number of ether oxygens (including phenoxy) is 2. The molecular formula is C17H19N3O3S. The standard InChI is InChI=1S/C17H19N3O3S/c21-16(15-6-5-12-3-1-2-4-14(12)23-15)20-9-7-13(8-10-20)22-17-19-18-11-24-17/h1-4,11,13,15H,5-10H2. The van der Waals surface area contributed by atoms with Crippen LogP contribution in [-0.4, -0.2) is 46.3 Å². The van der Waals surface area contributed by atoms with Crippen LogP contribution in [0.2, 0.25) is 0 Å². The lowest BCUT2D eigenvalue weighted by Gasteiger charge is -2.35. The van der Waals surface area contributed by atoms with E-state index in [1.807, 2.05) is 23.1 Å². The highest BCUT2D eigenvalue weighted by molar-refractivity contribution is 7.11. The number of hydrogen-bond donors (Lipinski definition) is 0. The maximum absolute atomic E-state index is 12.7. The molecule has 1 saturated heterocycles. The van der Waals surface area contributed by atoms with Crippen molar-refractivity contribution in [2.45, 2.75) is 37.9 Å². The number of nitrogens with zero attached hydrogens (tertiary/aromatic N) is 3. The zero-order valence-electron chi connectivity index (χ0n) is 13.3. The zero-order chi connectivity index (χ0) is 16.4. The van der Waals surface area contributed by atoms with Crippen LogP contribution in [0, 0.1) is 0 Å². The summed E-state index contributed by atoms with van der Waals surface area (Å²) in [5.74, 6) is 0.940. The maximum Gasteiger partial charge on any atom is 0.294 e. The summed E-state index contributed by atoms with van der Waals surface area (Å²) in [6.45, 7) is 1.40. The third-order valence-electron chi connectivity index (χ3n) is 4.55. The number of amides is 1. The fraction of sp³-hybridized carbons (Fsp3) is 0.471. The molecule has 1 amide bonds. The van der Waals surface area contributed by atoms with E-state index in [1.54, 1.807) is 5.51 Å². The van der Waals surface area contributed by atoms with Crippen LogP contribution in [0.25, 0.3) is 0 Å². The van der Waals surface area contributed by atoms with E-state index in [2.05, 4.69) is 16.3 Å². The Hall–Kier alpha value is -2.15. The Balaban J connectivity index is 1.32. The second-order valence-corrected chi connectivity index (χ2v) is 6.90. The average molecular weight is 345 g/mol. The molecule has 1 aromatic heterocycles. The molecule has 0 spiro atoms. The number of aryl methyl sites for hydroxylation is 1. The zero-order valence-corrected chi connectivity index (χ0v) is 14.1. The normalized spacial score (nSPS) is 21.0. The van der Waals surface area contributed by atoms with Gasteiger partial charge in [0.2, 0.25) is 0 Å². The average Bonchev–Trinajstić information content (AvgIpc) is 3.14. The molecule has 3 heterocycles. The number of rotatable bonds is 3. The van der Waals surface area contributed by atoms with Crippen LogP contribution in [0.3, 0.4) is 0 Å². The van der Waals surface area contributed by atoms with Crippen molar-refractivity contribution in [2.24, 2.45) is 0 Å². The summed E-state index contributed by atoms with van der Waals surface area (Å²) in [5, 5.41) is 8.28. The van der Waals surface area contributed by atoms with Gasteiger partial charge in [0.25, 0.3) is 11.1 Å². The molecule has 2 aliphatic rings.